The van der Waals surface area contributed by atoms with Crippen molar-refractivity contribution in [3.8, 4) is 5.75 Å². The molecule has 0 aliphatic heterocycles. The van der Waals surface area contributed by atoms with E-state index in [9.17, 15) is 4.79 Å². The van der Waals surface area contributed by atoms with Crippen LogP contribution in [0.5, 0.6) is 5.75 Å². The highest BCUT2D eigenvalue weighted by atomic mass is 32.1. The van der Waals surface area contributed by atoms with Crippen molar-refractivity contribution in [2.24, 2.45) is 5.41 Å². The van der Waals surface area contributed by atoms with Crippen molar-refractivity contribution >= 4 is 17.2 Å². The number of nitrogens with zero attached hydrogens (tertiary/aromatic N) is 1. The van der Waals surface area contributed by atoms with E-state index in [1.807, 2.05) is 31.2 Å². The van der Waals surface area contributed by atoms with Crippen molar-refractivity contribution in [1.29, 1.82) is 0 Å². The topological polar surface area (TPSA) is 51.2 Å². The fraction of sp³-hybridized carbons (Fsp3) is 0.500. The Morgan fingerprint density at radius 2 is 1.96 bits per heavy atom. The second-order valence-corrected chi connectivity index (χ2v) is 8.52. The van der Waals surface area contributed by atoms with Crippen LogP contribution in [-0.4, -0.2) is 18.0 Å². The summed E-state index contributed by atoms with van der Waals surface area (Å²) in [6, 6.07) is 7.89. The van der Waals surface area contributed by atoms with Gasteiger partial charge in [-0.1, -0.05) is 32.9 Å². The molecular formula is C20H26N2O2S. The van der Waals surface area contributed by atoms with E-state index in [-0.39, 0.29) is 11.3 Å². The van der Waals surface area contributed by atoms with Crippen LogP contribution >= 0.6 is 11.3 Å². The number of hydrogen-bond donors (Lipinski definition) is 1. The van der Waals surface area contributed by atoms with E-state index in [4.69, 9.17) is 4.74 Å². The maximum Gasteiger partial charge on any atom is 0.231 e. The van der Waals surface area contributed by atoms with Crippen molar-refractivity contribution in [1.82, 2.24) is 10.3 Å². The number of amides is 1. The first kappa shape index (κ1) is 17.9. The average molecular weight is 359 g/mol. The van der Waals surface area contributed by atoms with Gasteiger partial charge in [-0.25, -0.2) is 4.98 Å². The first-order valence-corrected chi connectivity index (χ1v) is 9.53. The van der Waals surface area contributed by atoms with Gasteiger partial charge >= 0.3 is 0 Å². The van der Waals surface area contributed by atoms with Gasteiger partial charge in [0.05, 0.1) is 29.8 Å². The zero-order valence-corrected chi connectivity index (χ0v) is 16.4. The minimum absolute atomic E-state index is 0.0387. The van der Waals surface area contributed by atoms with Crippen LogP contribution in [0.15, 0.2) is 24.3 Å². The number of carbonyl (C=O) groups excluding carboxylic acids is 1. The Balaban J connectivity index is 1.78. The maximum atomic E-state index is 13.1. The number of aryl methyl sites for hydroxylation is 2. The quantitative estimate of drug-likeness (QED) is 0.849. The lowest BCUT2D eigenvalue weighted by Gasteiger charge is -2.21. The Kier molecular flexibility index (Phi) is 4.62. The summed E-state index contributed by atoms with van der Waals surface area (Å²) < 4.78 is 5.24. The van der Waals surface area contributed by atoms with Crippen LogP contribution < -0.4 is 10.1 Å². The van der Waals surface area contributed by atoms with E-state index < -0.39 is 5.41 Å². The highest BCUT2D eigenvalue weighted by Crippen LogP contribution is 2.64. The summed E-state index contributed by atoms with van der Waals surface area (Å²) >= 11 is 1.69. The smallest absolute Gasteiger partial charge is 0.231 e. The zero-order valence-electron chi connectivity index (χ0n) is 15.6. The molecule has 1 aromatic carbocycles. The van der Waals surface area contributed by atoms with Gasteiger partial charge in [-0.2, -0.15) is 0 Å². The van der Waals surface area contributed by atoms with Crippen LogP contribution in [0.3, 0.4) is 0 Å². The summed E-state index contributed by atoms with van der Waals surface area (Å²) in [5.41, 5.74) is 1.59. The van der Waals surface area contributed by atoms with Crippen molar-refractivity contribution in [3.05, 3.63) is 45.4 Å². The summed E-state index contributed by atoms with van der Waals surface area (Å²) in [7, 11) is 1.65. The second kappa shape index (κ2) is 6.45. The second-order valence-electron chi connectivity index (χ2n) is 7.35. The van der Waals surface area contributed by atoms with E-state index in [1.54, 1.807) is 18.4 Å². The van der Waals surface area contributed by atoms with Gasteiger partial charge in [-0.15, -0.1) is 11.3 Å². The Hall–Kier alpha value is -1.88. The molecule has 1 heterocycles. The summed E-state index contributed by atoms with van der Waals surface area (Å²) in [6.07, 6.45) is 1.79. The first-order chi connectivity index (χ1) is 11.8. The van der Waals surface area contributed by atoms with Crippen LogP contribution in [0.2, 0.25) is 0 Å². The Morgan fingerprint density at radius 3 is 2.44 bits per heavy atom. The molecule has 1 amide bonds. The number of rotatable bonds is 6. The molecule has 4 nitrogen and oxygen atoms in total. The molecule has 1 fully saturated rings. The number of benzene rings is 1. The summed E-state index contributed by atoms with van der Waals surface area (Å²) in [4.78, 5) is 18.8. The first-order valence-electron chi connectivity index (χ1n) is 8.72. The lowest BCUT2D eigenvalue weighted by molar-refractivity contribution is -0.124. The van der Waals surface area contributed by atoms with E-state index >= 15 is 0 Å². The Bertz CT molecular complexity index is 779. The molecule has 0 spiro atoms. The van der Waals surface area contributed by atoms with Gasteiger partial charge in [-0.3, -0.25) is 4.79 Å². The van der Waals surface area contributed by atoms with Crippen LogP contribution in [0.4, 0.5) is 0 Å². The monoisotopic (exact) mass is 358 g/mol. The van der Waals surface area contributed by atoms with Gasteiger partial charge in [0.1, 0.15) is 5.75 Å². The Labute approximate surface area is 153 Å². The predicted octanol–water partition coefficient (Wildman–Crippen LogP) is 4.01. The van der Waals surface area contributed by atoms with E-state index in [0.29, 0.717) is 6.54 Å². The van der Waals surface area contributed by atoms with Crippen LogP contribution in [0, 0.1) is 12.3 Å². The van der Waals surface area contributed by atoms with Crippen LogP contribution in [-0.2, 0) is 23.2 Å². The van der Waals surface area contributed by atoms with Gasteiger partial charge in [0.25, 0.3) is 0 Å². The third-order valence-electron chi connectivity index (χ3n) is 5.36. The molecule has 1 saturated carbocycles. The fourth-order valence-electron chi connectivity index (χ4n) is 3.62. The zero-order chi connectivity index (χ0) is 18.2. The summed E-state index contributed by atoms with van der Waals surface area (Å²) in [6.45, 7) is 8.98. The Morgan fingerprint density at radius 1 is 1.32 bits per heavy atom. The predicted molar refractivity (Wildman–Crippen MR) is 101 cm³/mol. The summed E-state index contributed by atoms with van der Waals surface area (Å²) in [5.74, 6) is 0.915. The molecule has 1 aliphatic rings. The van der Waals surface area contributed by atoms with Crippen LogP contribution in [0.25, 0.3) is 0 Å². The molecule has 134 valence electrons. The number of methoxy groups -OCH3 is 1. The number of aromatic nitrogens is 1. The highest BCUT2D eigenvalue weighted by Gasteiger charge is 2.66. The molecule has 1 aliphatic carbocycles. The van der Waals surface area contributed by atoms with E-state index in [1.165, 1.54) is 0 Å². The van der Waals surface area contributed by atoms with Gasteiger partial charge < -0.3 is 10.1 Å². The SMILES string of the molecule is CCc1nc(C)c(CNC(=O)[C@]2(c3ccc(OC)cc3)CC2(C)C)s1. The van der Waals surface area contributed by atoms with Crippen molar-refractivity contribution in [2.75, 3.05) is 7.11 Å². The molecule has 2 aromatic rings. The molecule has 5 heteroatoms. The molecule has 3 rings (SSSR count). The fourth-order valence-corrected chi connectivity index (χ4v) is 4.57. The third kappa shape index (κ3) is 3.06. The lowest BCUT2D eigenvalue weighted by atomic mass is 9.87. The molecule has 0 radical (unpaired) electrons. The molecule has 1 N–H and O–H groups in total. The average Bonchev–Trinajstić information content (AvgIpc) is 3.02. The van der Waals surface area contributed by atoms with Gasteiger partial charge in [-0.05, 0) is 42.9 Å². The molecule has 1 aromatic heterocycles. The number of carbonyl (C=O) groups is 1. The molecule has 25 heavy (non-hydrogen) atoms. The molecule has 0 unspecified atom stereocenters. The minimum atomic E-state index is -0.453. The molecule has 0 saturated heterocycles. The van der Waals surface area contributed by atoms with Gasteiger partial charge in [0.15, 0.2) is 0 Å². The van der Waals surface area contributed by atoms with Gasteiger partial charge in [0.2, 0.25) is 5.91 Å². The van der Waals surface area contributed by atoms with E-state index in [0.717, 1.165) is 39.7 Å². The summed E-state index contributed by atoms with van der Waals surface area (Å²) in [5, 5.41) is 4.29. The molecule has 0 bridgehead atoms. The third-order valence-corrected chi connectivity index (χ3v) is 6.66. The van der Waals surface area contributed by atoms with Crippen molar-refractivity contribution < 1.29 is 9.53 Å². The highest BCUT2D eigenvalue weighted by molar-refractivity contribution is 7.11. The number of ether oxygens (including phenoxy) is 1. The lowest BCUT2D eigenvalue weighted by Crippen LogP contribution is -2.37. The van der Waals surface area contributed by atoms with Crippen LogP contribution in [0.1, 0.15) is 48.3 Å². The number of nitrogens with one attached hydrogen (secondary N) is 1. The van der Waals surface area contributed by atoms with E-state index in [2.05, 4.69) is 31.1 Å². The van der Waals surface area contributed by atoms with Crippen molar-refractivity contribution in [3.63, 3.8) is 0 Å². The molecular weight excluding hydrogens is 332 g/mol. The number of hydrogen-bond acceptors (Lipinski definition) is 4. The number of thiazole rings is 1. The minimum Gasteiger partial charge on any atom is -0.497 e. The normalized spacial score (nSPS) is 21.0. The van der Waals surface area contributed by atoms with Crippen molar-refractivity contribution in [2.45, 2.75) is 52.5 Å². The standard InChI is InChI=1S/C20H26N2O2S/c1-6-17-22-13(2)16(25-17)11-21-18(23)20(12-19(20,3)4)14-7-9-15(24-5)10-8-14/h7-10H,6,11-12H2,1-5H3,(H,21,23)/t20-/m1/s1. The molecule has 1 atom stereocenters. The van der Waals surface area contributed by atoms with Gasteiger partial charge in [0, 0.05) is 4.88 Å². The maximum absolute atomic E-state index is 13.1. The largest absolute Gasteiger partial charge is 0.497 e.